The second-order valence-electron chi connectivity index (χ2n) is 2.21. The zero-order valence-electron chi connectivity index (χ0n) is 5.78. The molecule has 1 heterocycles. The quantitative estimate of drug-likeness (QED) is 0.630. The predicted octanol–water partition coefficient (Wildman–Crippen LogP) is 0.338. The van der Waals surface area contributed by atoms with E-state index in [0.29, 0.717) is 6.42 Å². The number of rotatable bonds is 2. The summed E-state index contributed by atoms with van der Waals surface area (Å²) in [5.41, 5.74) is 5.03. The van der Waals surface area contributed by atoms with Gasteiger partial charge in [0, 0.05) is 13.2 Å². The van der Waals surface area contributed by atoms with Gasteiger partial charge in [-0.3, -0.25) is 4.79 Å². The summed E-state index contributed by atoms with van der Waals surface area (Å²) in [7, 11) is 1.93. The molecule has 1 aliphatic heterocycles. The van der Waals surface area contributed by atoms with Crippen molar-refractivity contribution >= 4 is 17.7 Å². The van der Waals surface area contributed by atoms with Crippen LogP contribution in [0.2, 0.25) is 0 Å². The van der Waals surface area contributed by atoms with E-state index in [1.54, 1.807) is 11.8 Å². The van der Waals surface area contributed by atoms with Crippen molar-refractivity contribution in [1.82, 2.24) is 4.90 Å². The van der Waals surface area contributed by atoms with Gasteiger partial charge in [-0.2, -0.15) is 0 Å². The van der Waals surface area contributed by atoms with Crippen LogP contribution in [-0.4, -0.2) is 23.2 Å². The molecule has 4 heteroatoms. The first kappa shape index (κ1) is 7.47. The molecule has 0 aromatic heterocycles. The molecule has 0 saturated carbocycles. The lowest BCUT2D eigenvalue weighted by Gasteiger charge is -2.17. The lowest BCUT2D eigenvalue weighted by atomic mass is 10.4. The van der Waals surface area contributed by atoms with Gasteiger partial charge in [-0.1, -0.05) is 0 Å². The Morgan fingerprint density at radius 2 is 2.60 bits per heavy atom. The van der Waals surface area contributed by atoms with Crippen LogP contribution in [0.25, 0.3) is 0 Å². The van der Waals surface area contributed by atoms with E-state index in [1.807, 2.05) is 23.6 Å². The molecule has 1 rings (SSSR count). The van der Waals surface area contributed by atoms with Crippen molar-refractivity contribution in [3.8, 4) is 0 Å². The summed E-state index contributed by atoms with van der Waals surface area (Å²) in [4.78, 5) is 12.4. The Balaban J connectivity index is 2.37. The lowest BCUT2D eigenvalue weighted by molar-refractivity contribution is -0.118. The summed E-state index contributed by atoms with van der Waals surface area (Å²) in [5, 5.41) is 2.19. The maximum atomic E-state index is 10.5. The number of carbonyl (C=O) groups excluding carboxylic acids is 1. The molecule has 2 N–H and O–H groups in total. The van der Waals surface area contributed by atoms with Crippen molar-refractivity contribution < 1.29 is 4.79 Å². The van der Waals surface area contributed by atoms with E-state index >= 15 is 0 Å². The van der Waals surface area contributed by atoms with Gasteiger partial charge in [-0.15, -0.1) is 11.8 Å². The van der Waals surface area contributed by atoms with Crippen LogP contribution >= 0.6 is 11.8 Å². The van der Waals surface area contributed by atoms with Gasteiger partial charge >= 0.3 is 0 Å². The van der Waals surface area contributed by atoms with Gasteiger partial charge in [-0.25, -0.2) is 0 Å². The van der Waals surface area contributed by atoms with E-state index in [1.165, 1.54) is 0 Å². The number of primary amides is 1. The Hall–Kier alpha value is -0.640. The molecule has 0 spiro atoms. The predicted molar refractivity (Wildman–Crippen MR) is 42.1 cm³/mol. The van der Waals surface area contributed by atoms with Crippen molar-refractivity contribution in [3.05, 3.63) is 11.6 Å². The van der Waals surface area contributed by atoms with Gasteiger partial charge in [0.15, 0.2) is 0 Å². The molecular formula is C6H10N2OS. The minimum absolute atomic E-state index is 0.220. The molecule has 0 saturated heterocycles. The summed E-state index contributed by atoms with van der Waals surface area (Å²) in [6.45, 7) is 0. The largest absolute Gasteiger partial charge is 0.370 e. The highest BCUT2D eigenvalue weighted by molar-refractivity contribution is 8.02. The summed E-state index contributed by atoms with van der Waals surface area (Å²) >= 11 is 1.62. The van der Waals surface area contributed by atoms with Crippen LogP contribution < -0.4 is 5.73 Å². The van der Waals surface area contributed by atoms with Crippen LogP contribution in [-0.2, 0) is 4.79 Å². The van der Waals surface area contributed by atoms with Gasteiger partial charge in [0.2, 0.25) is 5.91 Å². The second kappa shape index (κ2) is 2.96. The number of nitrogens with two attached hydrogens (primary N) is 1. The minimum atomic E-state index is -0.243. The highest BCUT2D eigenvalue weighted by Crippen LogP contribution is 2.25. The van der Waals surface area contributed by atoms with E-state index in [4.69, 9.17) is 5.73 Å². The van der Waals surface area contributed by atoms with Gasteiger partial charge in [0.05, 0.1) is 11.8 Å². The lowest BCUT2D eigenvalue weighted by Crippen LogP contribution is -2.26. The standard InChI is InChI=1S/C6H10N2OS/c1-8-2-3-10-6(8)4-5(7)9/h2-3,6H,4H2,1H3,(H2,7,9). The molecule has 0 aromatic rings. The molecule has 1 unspecified atom stereocenters. The Bertz CT molecular complexity index is 169. The molecular weight excluding hydrogens is 148 g/mol. The first-order valence-corrected chi connectivity index (χ1v) is 3.97. The van der Waals surface area contributed by atoms with Crippen molar-refractivity contribution in [3.63, 3.8) is 0 Å². The van der Waals surface area contributed by atoms with Gasteiger partial charge in [0.1, 0.15) is 0 Å². The summed E-state index contributed by atoms with van der Waals surface area (Å²) in [5.74, 6) is -0.243. The van der Waals surface area contributed by atoms with E-state index in [0.717, 1.165) is 0 Å². The fraction of sp³-hybridized carbons (Fsp3) is 0.500. The fourth-order valence-corrected chi connectivity index (χ4v) is 1.74. The maximum Gasteiger partial charge on any atom is 0.220 e. The molecule has 56 valence electrons. The summed E-state index contributed by atoms with van der Waals surface area (Å²) in [6, 6.07) is 0. The molecule has 3 nitrogen and oxygen atoms in total. The fourth-order valence-electron chi connectivity index (χ4n) is 0.778. The van der Waals surface area contributed by atoms with E-state index < -0.39 is 0 Å². The number of nitrogens with zero attached hydrogens (tertiary/aromatic N) is 1. The first-order chi connectivity index (χ1) is 4.70. The average molecular weight is 158 g/mol. The van der Waals surface area contributed by atoms with E-state index in [9.17, 15) is 4.79 Å². The summed E-state index contributed by atoms with van der Waals surface area (Å²) in [6.07, 6.45) is 2.37. The normalized spacial score (nSPS) is 23.7. The molecule has 0 aliphatic carbocycles. The topological polar surface area (TPSA) is 46.3 Å². The van der Waals surface area contributed by atoms with Crippen LogP contribution in [0.1, 0.15) is 6.42 Å². The molecule has 1 atom stereocenters. The van der Waals surface area contributed by atoms with Gasteiger partial charge < -0.3 is 10.6 Å². The average Bonchev–Trinajstić information content (AvgIpc) is 2.15. The van der Waals surface area contributed by atoms with Crippen LogP contribution in [0.4, 0.5) is 0 Å². The van der Waals surface area contributed by atoms with E-state index in [-0.39, 0.29) is 11.3 Å². The third-order valence-electron chi connectivity index (χ3n) is 1.36. The molecule has 0 radical (unpaired) electrons. The van der Waals surface area contributed by atoms with Crippen molar-refractivity contribution in [2.75, 3.05) is 7.05 Å². The molecule has 0 aromatic carbocycles. The Morgan fingerprint density at radius 3 is 3.00 bits per heavy atom. The van der Waals surface area contributed by atoms with Crippen molar-refractivity contribution in [2.24, 2.45) is 5.73 Å². The molecule has 10 heavy (non-hydrogen) atoms. The number of hydrogen-bond acceptors (Lipinski definition) is 3. The number of thioether (sulfide) groups is 1. The highest BCUT2D eigenvalue weighted by atomic mass is 32.2. The van der Waals surface area contributed by atoms with E-state index in [2.05, 4.69) is 0 Å². The van der Waals surface area contributed by atoms with Gasteiger partial charge in [-0.05, 0) is 5.41 Å². The zero-order valence-corrected chi connectivity index (χ0v) is 6.60. The van der Waals surface area contributed by atoms with Crippen LogP contribution in [0, 0.1) is 0 Å². The Kier molecular flexibility index (Phi) is 2.21. The third-order valence-corrected chi connectivity index (χ3v) is 2.45. The number of amides is 1. The zero-order chi connectivity index (χ0) is 7.56. The first-order valence-electron chi connectivity index (χ1n) is 3.02. The Labute approximate surface area is 64.3 Å². The van der Waals surface area contributed by atoms with Crippen molar-refractivity contribution in [1.29, 1.82) is 0 Å². The SMILES string of the molecule is CN1C=CSC1CC(N)=O. The maximum absolute atomic E-state index is 10.5. The third kappa shape index (κ3) is 1.67. The van der Waals surface area contributed by atoms with Crippen molar-refractivity contribution in [2.45, 2.75) is 11.8 Å². The number of hydrogen-bond donors (Lipinski definition) is 1. The summed E-state index contributed by atoms with van der Waals surface area (Å²) < 4.78 is 0. The van der Waals surface area contributed by atoms with Crippen LogP contribution in [0.5, 0.6) is 0 Å². The molecule has 0 bridgehead atoms. The smallest absolute Gasteiger partial charge is 0.220 e. The molecule has 1 amide bonds. The Morgan fingerprint density at radius 1 is 1.90 bits per heavy atom. The monoisotopic (exact) mass is 158 g/mol. The molecule has 1 aliphatic rings. The second-order valence-corrected chi connectivity index (χ2v) is 3.30. The van der Waals surface area contributed by atoms with Gasteiger partial charge in [0.25, 0.3) is 0 Å². The minimum Gasteiger partial charge on any atom is -0.370 e. The van der Waals surface area contributed by atoms with Crippen LogP contribution in [0.3, 0.4) is 0 Å². The molecule has 0 fully saturated rings. The number of carbonyl (C=O) groups is 1. The highest BCUT2D eigenvalue weighted by Gasteiger charge is 2.17. The van der Waals surface area contributed by atoms with Crippen LogP contribution in [0.15, 0.2) is 11.6 Å².